The molecule has 2 rings (SSSR count). The zero-order chi connectivity index (χ0) is 13.0. The Kier molecular flexibility index (Phi) is 4.15. The predicted octanol–water partition coefficient (Wildman–Crippen LogP) is 1.42. The molecule has 0 saturated carbocycles. The molecule has 2 unspecified atom stereocenters. The highest BCUT2D eigenvalue weighted by molar-refractivity contribution is 5.93. The average molecular weight is 249 g/mol. The van der Waals surface area contributed by atoms with Gasteiger partial charge in [-0.3, -0.25) is 9.78 Å². The molecule has 1 amide bonds. The van der Waals surface area contributed by atoms with Crippen LogP contribution in [0, 0.1) is 0 Å². The second kappa shape index (κ2) is 5.82. The summed E-state index contributed by atoms with van der Waals surface area (Å²) in [5, 5.41) is 6.12. The summed E-state index contributed by atoms with van der Waals surface area (Å²) >= 11 is 0. The predicted molar refractivity (Wildman–Crippen MR) is 69.7 cm³/mol. The quantitative estimate of drug-likeness (QED) is 0.847. The Morgan fingerprint density at radius 1 is 1.61 bits per heavy atom. The molecule has 1 aliphatic rings. The fourth-order valence-electron chi connectivity index (χ4n) is 2.03. The topological polar surface area (TPSA) is 63.2 Å². The zero-order valence-corrected chi connectivity index (χ0v) is 10.8. The average Bonchev–Trinajstić information content (AvgIpc) is 2.76. The Morgan fingerprint density at radius 2 is 2.44 bits per heavy atom. The van der Waals surface area contributed by atoms with Gasteiger partial charge in [0.2, 0.25) is 0 Å². The molecule has 5 heteroatoms. The number of nitrogens with one attached hydrogen (secondary N) is 2. The lowest BCUT2D eigenvalue weighted by Gasteiger charge is -2.17. The van der Waals surface area contributed by atoms with Gasteiger partial charge >= 0.3 is 0 Å². The monoisotopic (exact) mass is 249 g/mol. The first-order valence-corrected chi connectivity index (χ1v) is 6.33. The minimum Gasteiger partial charge on any atom is -0.380 e. The molecule has 5 nitrogen and oxygen atoms in total. The van der Waals surface area contributed by atoms with Gasteiger partial charge < -0.3 is 15.4 Å². The van der Waals surface area contributed by atoms with Crippen LogP contribution in [-0.4, -0.2) is 36.2 Å². The molecular weight excluding hydrogens is 230 g/mol. The SMILES string of the molecule is CCNC(=O)c1cc(NC2CCOC2C)ccn1. The number of ether oxygens (including phenoxy) is 1. The molecule has 0 aromatic carbocycles. The lowest BCUT2D eigenvalue weighted by atomic mass is 10.1. The molecule has 18 heavy (non-hydrogen) atoms. The van der Waals surface area contributed by atoms with Gasteiger partial charge in [0, 0.05) is 25.0 Å². The van der Waals surface area contributed by atoms with Crippen molar-refractivity contribution in [1.29, 1.82) is 0 Å². The Balaban J connectivity index is 2.05. The summed E-state index contributed by atoms with van der Waals surface area (Å²) in [6, 6.07) is 3.94. The third kappa shape index (κ3) is 2.98. The second-order valence-electron chi connectivity index (χ2n) is 4.40. The molecule has 0 aliphatic carbocycles. The van der Waals surface area contributed by atoms with E-state index in [1.807, 2.05) is 13.0 Å². The number of amides is 1. The normalized spacial score (nSPS) is 22.8. The number of pyridine rings is 1. The van der Waals surface area contributed by atoms with Crippen LogP contribution in [0.3, 0.4) is 0 Å². The van der Waals surface area contributed by atoms with Crippen molar-refractivity contribution in [2.75, 3.05) is 18.5 Å². The van der Waals surface area contributed by atoms with E-state index in [1.54, 1.807) is 12.3 Å². The Morgan fingerprint density at radius 3 is 3.11 bits per heavy atom. The zero-order valence-electron chi connectivity index (χ0n) is 10.8. The highest BCUT2D eigenvalue weighted by Crippen LogP contribution is 2.18. The maximum Gasteiger partial charge on any atom is 0.269 e. The van der Waals surface area contributed by atoms with Crippen LogP contribution in [0.2, 0.25) is 0 Å². The maximum absolute atomic E-state index is 11.7. The summed E-state index contributed by atoms with van der Waals surface area (Å²) < 4.78 is 5.50. The van der Waals surface area contributed by atoms with Gasteiger partial charge in [-0.25, -0.2) is 0 Å². The molecule has 0 radical (unpaired) electrons. The molecule has 2 atom stereocenters. The number of anilines is 1. The number of rotatable bonds is 4. The van der Waals surface area contributed by atoms with Crippen LogP contribution < -0.4 is 10.6 Å². The van der Waals surface area contributed by atoms with Crippen LogP contribution in [0.1, 0.15) is 30.8 Å². The Hall–Kier alpha value is -1.62. The highest BCUT2D eigenvalue weighted by atomic mass is 16.5. The summed E-state index contributed by atoms with van der Waals surface area (Å²) in [4.78, 5) is 15.7. The molecule has 1 aliphatic heterocycles. The molecule has 1 saturated heterocycles. The van der Waals surface area contributed by atoms with Gasteiger partial charge in [-0.05, 0) is 32.4 Å². The summed E-state index contributed by atoms with van der Waals surface area (Å²) in [7, 11) is 0. The van der Waals surface area contributed by atoms with E-state index in [2.05, 4.69) is 22.5 Å². The summed E-state index contributed by atoms with van der Waals surface area (Å²) in [5.41, 5.74) is 1.35. The largest absolute Gasteiger partial charge is 0.380 e. The van der Waals surface area contributed by atoms with Gasteiger partial charge in [-0.1, -0.05) is 0 Å². The smallest absolute Gasteiger partial charge is 0.269 e. The van der Waals surface area contributed by atoms with Crippen LogP contribution in [-0.2, 0) is 4.74 Å². The minimum atomic E-state index is -0.142. The van der Waals surface area contributed by atoms with E-state index in [0.29, 0.717) is 18.3 Å². The van der Waals surface area contributed by atoms with E-state index >= 15 is 0 Å². The van der Waals surface area contributed by atoms with Gasteiger partial charge in [0.1, 0.15) is 5.69 Å². The van der Waals surface area contributed by atoms with E-state index < -0.39 is 0 Å². The van der Waals surface area contributed by atoms with Crippen molar-refractivity contribution in [3.63, 3.8) is 0 Å². The molecule has 1 aromatic heterocycles. The van der Waals surface area contributed by atoms with Gasteiger partial charge in [0.15, 0.2) is 0 Å². The number of hydrogen-bond acceptors (Lipinski definition) is 4. The summed E-state index contributed by atoms with van der Waals surface area (Å²) in [6.45, 7) is 5.33. The van der Waals surface area contributed by atoms with Gasteiger partial charge in [-0.15, -0.1) is 0 Å². The van der Waals surface area contributed by atoms with E-state index in [-0.39, 0.29) is 12.0 Å². The van der Waals surface area contributed by atoms with Crippen LogP contribution in [0.15, 0.2) is 18.3 Å². The molecule has 1 aromatic rings. The molecule has 1 fully saturated rings. The van der Waals surface area contributed by atoms with Crippen LogP contribution in [0.25, 0.3) is 0 Å². The first-order valence-electron chi connectivity index (χ1n) is 6.33. The van der Waals surface area contributed by atoms with Crippen molar-refractivity contribution in [3.8, 4) is 0 Å². The van der Waals surface area contributed by atoms with Crippen molar-refractivity contribution >= 4 is 11.6 Å². The van der Waals surface area contributed by atoms with E-state index in [1.165, 1.54) is 0 Å². The lowest BCUT2D eigenvalue weighted by molar-refractivity contribution is 0.0951. The molecule has 98 valence electrons. The lowest BCUT2D eigenvalue weighted by Crippen LogP contribution is -2.27. The van der Waals surface area contributed by atoms with Crippen molar-refractivity contribution in [1.82, 2.24) is 10.3 Å². The number of carbonyl (C=O) groups is 1. The molecule has 0 spiro atoms. The van der Waals surface area contributed by atoms with Gasteiger partial charge in [0.05, 0.1) is 12.1 Å². The number of carbonyl (C=O) groups excluding carboxylic acids is 1. The first-order chi connectivity index (χ1) is 8.70. The van der Waals surface area contributed by atoms with Crippen molar-refractivity contribution in [3.05, 3.63) is 24.0 Å². The van der Waals surface area contributed by atoms with Crippen LogP contribution >= 0.6 is 0 Å². The molecular formula is C13H19N3O2. The van der Waals surface area contributed by atoms with Crippen LogP contribution in [0.5, 0.6) is 0 Å². The van der Waals surface area contributed by atoms with E-state index in [4.69, 9.17) is 4.74 Å². The fraction of sp³-hybridized carbons (Fsp3) is 0.538. The number of nitrogens with zero attached hydrogens (tertiary/aromatic N) is 1. The Bertz CT molecular complexity index is 422. The molecule has 2 heterocycles. The second-order valence-corrected chi connectivity index (χ2v) is 4.40. The summed E-state index contributed by atoms with van der Waals surface area (Å²) in [6.07, 6.45) is 2.83. The minimum absolute atomic E-state index is 0.142. The molecule has 2 N–H and O–H groups in total. The van der Waals surface area contributed by atoms with Gasteiger partial charge in [0.25, 0.3) is 5.91 Å². The van der Waals surface area contributed by atoms with Crippen LogP contribution in [0.4, 0.5) is 5.69 Å². The van der Waals surface area contributed by atoms with Crippen molar-refractivity contribution < 1.29 is 9.53 Å². The van der Waals surface area contributed by atoms with E-state index in [9.17, 15) is 4.79 Å². The third-order valence-corrected chi connectivity index (χ3v) is 3.06. The fourth-order valence-corrected chi connectivity index (χ4v) is 2.03. The maximum atomic E-state index is 11.7. The highest BCUT2D eigenvalue weighted by Gasteiger charge is 2.23. The van der Waals surface area contributed by atoms with Gasteiger partial charge in [-0.2, -0.15) is 0 Å². The standard InChI is InChI=1S/C13H19N3O2/c1-3-14-13(17)12-8-10(4-6-15-12)16-11-5-7-18-9(11)2/h4,6,8-9,11H,3,5,7H2,1-2H3,(H,14,17)(H,15,16). The number of aromatic nitrogens is 1. The van der Waals surface area contributed by atoms with Crippen molar-refractivity contribution in [2.24, 2.45) is 0 Å². The molecule has 0 bridgehead atoms. The third-order valence-electron chi connectivity index (χ3n) is 3.06. The summed E-state index contributed by atoms with van der Waals surface area (Å²) in [5.74, 6) is -0.142. The van der Waals surface area contributed by atoms with Crippen molar-refractivity contribution in [2.45, 2.75) is 32.4 Å². The first kappa shape index (κ1) is 12.8. The van der Waals surface area contributed by atoms with E-state index in [0.717, 1.165) is 18.7 Å². The Labute approximate surface area is 107 Å². The number of hydrogen-bond donors (Lipinski definition) is 2.